The quantitative estimate of drug-likeness (QED) is 0.562. The van der Waals surface area contributed by atoms with Crippen molar-refractivity contribution in [2.24, 2.45) is 0 Å². The van der Waals surface area contributed by atoms with Crippen molar-refractivity contribution in [2.45, 2.75) is 6.92 Å². The molecule has 0 amide bonds. The fourth-order valence-electron chi connectivity index (χ4n) is 1.14. The Balaban J connectivity index is 2.48. The molecule has 0 unspecified atom stereocenters. The van der Waals surface area contributed by atoms with E-state index < -0.39 is 0 Å². The summed E-state index contributed by atoms with van der Waals surface area (Å²) in [4.78, 5) is 8.02. The minimum absolute atomic E-state index is 0.418. The van der Waals surface area contributed by atoms with E-state index in [4.69, 9.17) is 16.9 Å². The monoisotopic (exact) mass is 252 g/mol. The molecule has 1 heterocycles. The van der Waals surface area contributed by atoms with Gasteiger partial charge in [0.15, 0.2) is 5.82 Å². The van der Waals surface area contributed by atoms with Crippen LogP contribution in [0.1, 0.15) is 6.92 Å². The maximum Gasteiger partial charge on any atom is 0.242 e. The lowest BCUT2D eigenvalue weighted by Gasteiger charge is -2.10. The molecular formula is C11H16N4OS. The van der Waals surface area contributed by atoms with E-state index in [1.807, 2.05) is 6.92 Å². The Morgan fingerprint density at radius 2 is 2.41 bits per heavy atom. The number of terminal acetylenes is 1. The van der Waals surface area contributed by atoms with Crippen molar-refractivity contribution >= 4 is 23.3 Å². The lowest BCUT2D eigenvalue weighted by atomic mass is 10.4. The highest BCUT2D eigenvalue weighted by Crippen LogP contribution is 2.24. The van der Waals surface area contributed by atoms with Crippen LogP contribution in [0.4, 0.5) is 11.5 Å². The average molecular weight is 252 g/mol. The van der Waals surface area contributed by atoms with Gasteiger partial charge in [-0.25, -0.2) is 4.98 Å². The summed E-state index contributed by atoms with van der Waals surface area (Å²) < 4.78 is 5.27. The molecule has 0 saturated heterocycles. The second kappa shape index (κ2) is 7.63. The number of rotatable bonds is 7. The Bertz CT molecular complexity index is 392. The highest BCUT2D eigenvalue weighted by atomic mass is 32.2. The lowest BCUT2D eigenvalue weighted by molar-refractivity contribution is 0.328. The van der Waals surface area contributed by atoms with Crippen LogP contribution in [0, 0.1) is 12.3 Å². The van der Waals surface area contributed by atoms with Crippen molar-refractivity contribution in [1.82, 2.24) is 9.97 Å². The van der Waals surface area contributed by atoms with Crippen LogP contribution >= 0.6 is 11.8 Å². The first-order valence-corrected chi connectivity index (χ1v) is 6.43. The molecule has 0 aliphatic heterocycles. The molecule has 17 heavy (non-hydrogen) atoms. The molecule has 0 radical (unpaired) electrons. The van der Waals surface area contributed by atoms with Crippen LogP contribution in [0.25, 0.3) is 0 Å². The van der Waals surface area contributed by atoms with Gasteiger partial charge in [0, 0.05) is 12.3 Å². The zero-order valence-corrected chi connectivity index (χ0v) is 10.6. The van der Waals surface area contributed by atoms with Gasteiger partial charge in [-0.15, -0.1) is 18.2 Å². The number of hydrogen-bond acceptors (Lipinski definition) is 6. The zero-order valence-electron chi connectivity index (χ0n) is 9.77. The van der Waals surface area contributed by atoms with Gasteiger partial charge in [-0.05, 0) is 6.92 Å². The molecule has 0 saturated carbocycles. The van der Waals surface area contributed by atoms with Crippen molar-refractivity contribution in [1.29, 1.82) is 0 Å². The van der Waals surface area contributed by atoms with Crippen LogP contribution in [0.5, 0.6) is 5.88 Å². The molecule has 0 aliphatic carbocycles. The van der Waals surface area contributed by atoms with E-state index in [1.54, 1.807) is 11.8 Å². The average Bonchev–Trinajstić information content (AvgIpc) is 2.33. The third-order valence-electron chi connectivity index (χ3n) is 1.85. The maximum atomic E-state index is 5.86. The van der Waals surface area contributed by atoms with E-state index in [-0.39, 0.29) is 0 Å². The van der Waals surface area contributed by atoms with E-state index in [9.17, 15) is 0 Å². The van der Waals surface area contributed by atoms with Gasteiger partial charge in [-0.3, -0.25) is 0 Å². The third-order valence-corrected chi connectivity index (χ3v) is 2.72. The molecule has 1 aromatic rings. The summed E-state index contributed by atoms with van der Waals surface area (Å²) in [6.45, 7) is 3.16. The molecule has 5 nitrogen and oxygen atoms in total. The Hall–Kier alpha value is -1.61. The summed E-state index contributed by atoms with van der Waals surface area (Å²) in [6.07, 6.45) is 6.58. The molecule has 0 bridgehead atoms. The molecule has 6 heteroatoms. The summed E-state index contributed by atoms with van der Waals surface area (Å²) in [6, 6.07) is 0. The standard InChI is InChI=1S/C11H16N4OS/c1-3-6-17-7-5-13-10-9(12)11(16-4-2)15-8-14-10/h1,8H,4-7,12H2,2H3,(H,13,14,15). The second-order valence-electron chi connectivity index (χ2n) is 3.06. The lowest BCUT2D eigenvalue weighted by Crippen LogP contribution is -2.10. The predicted octanol–water partition coefficient (Wildman–Crippen LogP) is 1.24. The first kappa shape index (κ1) is 13.5. The van der Waals surface area contributed by atoms with Gasteiger partial charge in [0.25, 0.3) is 0 Å². The van der Waals surface area contributed by atoms with Crippen LogP contribution in [-0.2, 0) is 0 Å². The summed E-state index contributed by atoms with van der Waals surface area (Å²) in [5, 5.41) is 3.13. The number of ether oxygens (including phenoxy) is 1. The highest BCUT2D eigenvalue weighted by molar-refractivity contribution is 7.99. The molecule has 92 valence electrons. The predicted molar refractivity (Wildman–Crippen MR) is 72.3 cm³/mol. The smallest absolute Gasteiger partial charge is 0.242 e. The SMILES string of the molecule is C#CCSCCNc1ncnc(OCC)c1N. The van der Waals surface area contributed by atoms with Gasteiger partial charge >= 0.3 is 0 Å². The zero-order chi connectivity index (χ0) is 12.5. The number of hydrogen-bond donors (Lipinski definition) is 2. The Kier molecular flexibility index (Phi) is 6.04. The first-order valence-electron chi connectivity index (χ1n) is 5.28. The molecule has 0 spiro atoms. The van der Waals surface area contributed by atoms with Gasteiger partial charge in [0.1, 0.15) is 12.0 Å². The molecule has 0 aromatic carbocycles. The summed E-state index contributed by atoms with van der Waals surface area (Å²) in [5.41, 5.74) is 6.30. The molecule has 0 fully saturated rings. The van der Waals surface area contributed by atoms with Gasteiger partial charge in [-0.1, -0.05) is 5.92 Å². The molecule has 0 aliphatic rings. The van der Waals surface area contributed by atoms with Crippen LogP contribution in [0.15, 0.2) is 6.33 Å². The molecule has 1 aromatic heterocycles. The Labute approximate surface area is 106 Å². The van der Waals surface area contributed by atoms with E-state index in [2.05, 4.69) is 21.2 Å². The Morgan fingerprint density at radius 3 is 3.12 bits per heavy atom. The molecule has 3 N–H and O–H groups in total. The number of aromatic nitrogens is 2. The van der Waals surface area contributed by atoms with Crippen LogP contribution in [-0.4, -0.2) is 34.6 Å². The number of nitrogens with one attached hydrogen (secondary N) is 1. The number of anilines is 2. The van der Waals surface area contributed by atoms with Crippen LogP contribution in [0.2, 0.25) is 0 Å². The summed E-state index contributed by atoms with van der Waals surface area (Å²) in [5.74, 6) is 5.20. The Morgan fingerprint density at radius 1 is 1.59 bits per heavy atom. The first-order chi connectivity index (χ1) is 8.29. The largest absolute Gasteiger partial charge is 0.476 e. The van der Waals surface area contributed by atoms with Crippen molar-refractivity contribution in [3.63, 3.8) is 0 Å². The van der Waals surface area contributed by atoms with Gasteiger partial charge < -0.3 is 15.8 Å². The van der Waals surface area contributed by atoms with Crippen molar-refractivity contribution < 1.29 is 4.74 Å². The van der Waals surface area contributed by atoms with Crippen LogP contribution in [0.3, 0.4) is 0 Å². The summed E-state index contributed by atoms with van der Waals surface area (Å²) >= 11 is 1.68. The van der Waals surface area contributed by atoms with E-state index in [0.29, 0.717) is 29.7 Å². The summed E-state index contributed by atoms with van der Waals surface area (Å²) in [7, 11) is 0. The highest BCUT2D eigenvalue weighted by Gasteiger charge is 2.07. The maximum absolute atomic E-state index is 5.86. The van der Waals surface area contributed by atoms with Gasteiger partial charge in [0.2, 0.25) is 5.88 Å². The number of nitrogens with zero attached hydrogens (tertiary/aromatic N) is 2. The van der Waals surface area contributed by atoms with E-state index in [1.165, 1.54) is 6.33 Å². The van der Waals surface area contributed by atoms with E-state index in [0.717, 1.165) is 12.3 Å². The molecule has 0 atom stereocenters. The molecular weight excluding hydrogens is 236 g/mol. The van der Waals surface area contributed by atoms with E-state index >= 15 is 0 Å². The van der Waals surface area contributed by atoms with Gasteiger partial charge in [-0.2, -0.15) is 4.98 Å². The van der Waals surface area contributed by atoms with Crippen molar-refractivity contribution in [3.8, 4) is 18.2 Å². The third kappa shape index (κ3) is 4.41. The fourth-order valence-corrected chi connectivity index (χ4v) is 1.65. The van der Waals surface area contributed by atoms with Crippen molar-refractivity contribution in [2.75, 3.05) is 35.7 Å². The fraction of sp³-hybridized carbons (Fsp3) is 0.455. The number of nitrogens with two attached hydrogens (primary N) is 1. The topological polar surface area (TPSA) is 73.1 Å². The number of thioether (sulfide) groups is 1. The normalized spacial score (nSPS) is 9.65. The minimum atomic E-state index is 0.418. The van der Waals surface area contributed by atoms with Crippen molar-refractivity contribution in [3.05, 3.63) is 6.33 Å². The number of nitrogen functional groups attached to an aromatic ring is 1. The second-order valence-corrected chi connectivity index (χ2v) is 4.16. The van der Waals surface area contributed by atoms with Crippen LogP contribution < -0.4 is 15.8 Å². The molecule has 1 rings (SSSR count). The van der Waals surface area contributed by atoms with Gasteiger partial charge in [0.05, 0.1) is 12.4 Å². The minimum Gasteiger partial charge on any atom is -0.476 e.